The van der Waals surface area contributed by atoms with Crippen LogP contribution in [0.4, 0.5) is 0 Å². The molecule has 3 heteroatoms. The molecule has 0 saturated heterocycles. The van der Waals surface area contributed by atoms with Crippen molar-refractivity contribution in [3.05, 3.63) is 94.8 Å². The van der Waals surface area contributed by atoms with Crippen molar-refractivity contribution in [3.63, 3.8) is 0 Å². The number of aromatic nitrogens is 1. The van der Waals surface area contributed by atoms with Crippen LogP contribution in [0.25, 0.3) is 17.2 Å². The van der Waals surface area contributed by atoms with Crippen LogP contribution >= 0.6 is 0 Å². The lowest BCUT2D eigenvalue weighted by Gasteiger charge is -2.34. The van der Waals surface area contributed by atoms with Crippen LogP contribution in [0.3, 0.4) is 0 Å². The van der Waals surface area contributed by atoms with Crippen LogP contribution in [-0.2, 0) is 16.6 Å². The lowest BCUT2D eigenvalue weighted by molar-refractivity contribution is -0.136. The Balaban J connectivity index is 1.94. The Morgan fingerprint density at radius 3 is 1.97 bits per heavy atom. The predicted molar refractivity (Wildman–Crippen MR) is 156 cm³/mol. The minimum Gasteiger partial charge on any atom is -0.481 e. The third-order valence-corrected chi connectivity index (χ3v) is 8.68. The molecule has 0 aliphatic rings. The van der Waals surface area contributed by atoms with Crippen LogP contribution in [0.5, 0.6) is 0 Å². The molecule has 2 aromatic carbocycles. The summed E-state index contributed by atoms with van der Waals surface area (Å²) in [6, 6.07) is 17.6. The zero-order chi connectivity index (χ0) is 27.1. The Morgan fingerprint density at radius 2 is 1.43 bits per heavy atom. The molecule has 0 aliphatic carbocycles. The third kappa shape index (κ3) is 6.21. The zero-order valence-corrected chi connectivity index (χ0v) is 23.5. The molecular weight excluding hydrogens is 454 g/mol. The Bertz CT molecular complexity index is 1210. The molecule has 1 N–H and O–H groups in total. The first-order valence-corrected chi connectivity index (χ1v) is 13.8. The Kier molecular flexibility index (Phi) is 9.48. The lowest BCUT2D eigenvalue weighted by atomic mass is 9.70. The number of rotatable bonds is 12. The summed E-state index contributed by atoms with van der Waals surface area (Å²) in [5.41, 5.74) is 8.21. The van der Waals surface area contributed by atoms with Crippen molar-refractivity contribution < 1.29 is 9.90 Å². The molecular formula is C34H43NO2. The van der Waals surface area contributed by atoms with Gasteiger partial charge in [-0.15, -0.1) is 0 Å². The standard InChI is InChI=1S/C34H43NO2/c1-7-33(8-2,9-3)19-18-27-12-17-31(20-25(27)6)34(10-4,11-5)30-15-13-28(14-16-30)29-21-26(22-32(36)37)23-35-24-29/h12-21,23-24H,7-11,22H2,1-6H3,(H,36,37)/b19-18+. The molecule has 3 rings (SSSR count). The number of carboxylic acid groups (broad SMARTS) is 1. The maximum Gasteiger partial charge on any atom is 0.307 e. The van der Waals surface area contributed by atoms with E-state index in [-0.39, 0.29) is 17.3 Å². The monoisotopic (exact) mass is 497 g/mol. The summed E-state index contributed by atoms with van der Waals surface area (Å²) in [7, 11) is 0. The Morgan fingerprint density at radius 1 is 0.811 bits per heavy atom. The summed E-state index contributed by atoms with van der Waals surface area (Å²) in [4.78, 5) is 15.4. The molecule has 0 amide bonds. The number of allylic oxidation sites excluding steroid dienone is 1. The topological polar surface area (TPSA) is 50.2 Å². The van der Waals surface area contributed by atoms with Gasteiger partial charge >= 0.3 is 5.97 Å². The molecule has 0 unspecified atom stereocenters. The number of hydrogen-bond acceptors (Lipinski definition) is 2. The summed E-state index contributed by atoms with van der Waals surface area (Å²) in [6.07, 6.45) is 13.7. The second-order valence-corrected chi connectivity index (χ2v) is 10.3. The molecule has 0 fully saturated rings. The molecule has 0 spiro atoms. The molecule has 0 bridgehead atoms. The molecule has 3 aromatic rings. The third-order valence-electron chi connectivity index (χ3n) is 8.68. The van der Waals surface area contributed by atoms with Gasteiger partial charge in [0.1, 0.15) is 0 Å². The van der Waals surface area contributed by atoms with Crippen LogP contribution in [0.2, 0.25) is 0 Å². The highest BCUT2D eigenvalue weighted by molar-refractivity contribution is 5.72. The zero-order valence-electron chi connectivity index (χ0n) is 23.5. The molecule has 1 heterocycles. The van der Waals surface area contributed by atoms with Crippen LogP contribution in [-0.4, -0.2) is 16.1 Å². The first-order valence-electron chi connectivity index (χ1n) is 13.8. The van der Waals surface area contributed by atoms with Gasteiger partial charge < -0.3 is 5.11 Å². The van der Waals surface area contributed by atoms with Crippen molar-refractivity contribution in [2.24, 2.45) is 5.41 Å². The van der Waals surface area contributed by atoms with Gasteiger partial charge in [-0.3, -0.25) is 9.78 Å². The molecule has 0 aliphatic heterocycles. The minimum atomic E-state index is -0.845. The summed E-state index contributed by atoms with van der Waals surface area (Å²) < 4.78 is 0. The van der Waals surface area contributed by atoms with Crippen molar-refractivity contribution in [2.45, 2.75) is 85.5 Å². The average molecular weight is 498 g/mol. The highest BCUT2D eigenvalue weighted by Crippen LogP contribution is 2.40. The maximum atomic E-state index is 11.1. The van der Waals surface area contributed by atoms with Gasteiger partial charge in [-0.1, -0.05) is 89.2 Å². The van der Waals surface area contributed by atoms with E-state index in [0.29, 0.717) is 5.56 Å². The summed E-state index contributed by atoms with van der Waals surface area (Å²) in [6.45, 7) is 13.6. The quantitative estimate of drug-likeness (QED) is 0.271. The summed E-state index contributed by atoms with van der Waals surface area (Å²) >= 11 is 0. The largest absolute Gasteiger partial charge is 0.481 e. The number of benzene rings is 2. The van der Waals surface area contributed by atoms with Gasteiger partial charge in [0.2, 0.25) is 0 Å². The number of nitrogens with zero attached hydrogens (tertiary/aromatic N) is 1. The Labute approximate surface area is 223 Å². The summed E-state index contributed by atoms with van der Waals surface area (Å²) in [5.74, 6) is -0.845. The van der Waals surface area contributed by atoms with Gasteiger partial charge in [-0.2, -0.15) is 0 Å². The van der Waals surface area contributed by atoms with Crippen molar-refractivity contribution in [1.29, 1.82) is 0 Å². The van der Waals surface area contributed by atoms with Crippen molar-refractivity contribution in [2.75, 3.05) is 0 Å². The van der Waals surface area contributed by atoms with E-state index in [1.165, 1.54) is 41.5 Å². The second kappa shape index (κ2) is 12.4. The molecule has 0 saturated carbocycles. The van der Waals surface area contributed by atoms with E-state index in [2.05, 4.69) is 101 Å². The van der Waals surface area contributed by atoms with Crippen molar-refractivity contribution in [1.82, 2.24) is 4.98 Å². The van der Waals surface area contributed by atoms with E-state index in [1.54, 1.807) is 12.4 Å². The number of hydrogen-bond donors (Lipinski definition) is 1. The van der Waals surface area contributed by atoms with Gasteiger partial charge in [-0.05, 0) is 83.9 Å². The van der Waals surface area contributed by atoms with E-state index in [1.807, 2.05) is 6.07 Å². The maximum absolute atomic E-state index is 11.1. The van der Waals surface area contributed by atoms with Gasteiger partial charge in [0, 0.05) is 23.4 Å². The highest BCUT2D eigenvalue weighted by atomic mass is 16.4. The summed E-state index contributed by atoms with van der Waals surface area (Å²) in [5, 5.41) is 9.12. The average Bonchev–Trinajstić information content (AvgIpc) is 2.92. The molecule has 0 radical (unpaired) electrons. The molecule has 37 heavy (non-hydrogen) atoms. The molecule has 196 valence electrons. The van der Waals surface area contributed by atoms with Crippen LogP contribution in [0.15, 0.2) is 67.0 Å². The molecule has 0 atom stereocenters. The fourth-order valence-electron chi connectivity index (χ4n) is 5.66. The second-order valence-electron chi connectivity index (χ2n) is 10.3. The van der Waals surface area contributed by atoms with E-state index < -0.39 is 5.97 Å². The minimum absolute atomic E-state index is 0.0193. The van der Waals surface area contributed by atoms with Gasteiger partial charge in [0.05, 0.1) is 6.42 Å². The van der Waals surface area contributed by atoms with E-state index >= 15 is 0 Å². The SMILES string of the molecule is CCC(/C=C/c1ccc(C(CC)(CC)c2ccc(-c3cncc(CC(=O)O)c3)cc2)cc1C)(CC)CC. The fraction of sp³-hybridized carbons (Fsp3) is 0.412. The van der Waals surface area contributed by atoms with Gasteiger partial charge in [0.15, 0.2) is 0 Å². The van der Waals surface area contributed by atoms with Crippen LogP contribution in [0, 0.1) is 12.3 Å². The van der Waals surface area contributed by atoms with Crippen molar-refractivity contribution >= 4 is 12.0 Å². The predicted octanol–water partition coefficient (Wildman–Crippen LogP) is 9.02. The van der Waals surface area contributed by atoms with Crippen LogP contribution in [0.1, 0.15) is 94.5 Å². The number of carboxylic acids is 1. The highest BCUT2D eigenvalue weighted by Gasteiger charge is 2.31. The number of aliphatic carboxylic acids is 1. The van der Waals surface area contributed by atoms with E-state index in [9.17, 15) is 4.79 Å². The van der Waals surface area contributed by atoms with Crippen LogP contribution < -0.4 is 0 Å². The number of aryl methyl sites for hydroxylation is 1. The van der Waals surface area contributed by atoms with Gasteiger partial charge in [0.25, 0.3) is 0 Å². The smallest absolute Gasteiger partial charge is 0.307 e. The van der Waals surface area contributed by atoms with Gasteiger partial charge in [-0.25, -0.2) is 0 Å². The van der Waals surface area contributed by atoms with Crippen molar-refractivity contribution in [3.8, 4) is 11.1 Å². The first kappa shape index (κ1) is 28.4. The normalized spacial score (nSPS) is 12.3. The fourth-order valence-corrected chi connectivity index (χ4v) is 5.66. The Hall–Kier alpha value is -3.20. The molecule has 1 aromatic heterocycles. The number of carbonyl (C=O) groups is 1. The first-order chi connectivity index (χ1) is 17.8. The van der Waals surface area contributed by atoms with E-state index in [0.717, 1.165) is 24.0 Å². The molecule has 3 nitrogen and oxygen atoms in total. The lowest BCUT2D eigenvalue weighted by Crippen LogP contribution is -2.26. The van der Waals surface area contributed by atoms with E-state index in [4.69, 9.17) is 5.11 Å². The number of pyridine rings is 1.